The van der Waals surface area contributed by atoms with E-state index < -0.39 is 90.9 Å². The van der Waals surface area contributed by atoms with Gasteiger partial charge < -0.3 is 69.6 Å². The van der Waals surface area contributed by atoms with Crippen molar-refractivity contribution in [1.29, 1.82) is 0 Å². The molecule has 2 aliphatic rings. The van der Waals surface area contributed by atoms with Crippen LogP contribution in [0.4, 0.5) is 0 Å². The van der Waals surface area contributed by atoms with Gasteiger partial charge in [-0.25, -0.2) is 0 Å². The third-order valence-electron chi connectivity index (χ3n) is 7.41. The van der Waals surface area contributed by atoms with Crippen molar-refractivity contribution in [2.75, 3.05) is 13.7 Å². The maximum absolute atomic E-state index is 12.9. The van der Waals surface area contributed by atoms with E-state index in [0.29, 0.717) is 5.56 Å². The van der Waals surface area contributed by atoms with Gasteiger partial charge in [0.2, 0.25) is 6.29 Å². The average molecular weight is 613 g/mol. The number of Topliss-reactive ketones (excluding diaryl/α,β-unsaturated/α-hetero) is 1. The summed E-state index contributed by atoms with van der Waals surface area (Å²) in [5, 5.41) is 92.3. The van der Waals surface area contributed by atoms with Gasteiger partial charge in [0.15, 0.2) is 29.7 Å². The van der Waals surface area contributed by atoms with Crippen LogP contribution in [0, 0.1) is 0 Å². The number of ether oxygens (including phenoxy) is 5. The van der Waals surface area contributed by atoms with Gasteiger partial charge in [0.25, 0.3) is 0 Å². The largest absolute Gasteiger partial charge is 0.507 e. The van der Waals surface area contributed by atoms with Crippen LogP contribution in [0.2, 0.25) is 0 Å². The number of aliphatic hydroxyl groups is 6. The molecule has 9 N–H and O–H groups in total. The van der Waals surface area contributed by atoms with E-state index in [1.807, 2.05) is 0 Å². The van der Waals surface area contributed by atoms with E-state index in [1.165, 1.54) is 26.2 Å². The van der Waals surface area contributed by atoms with Gasteiger partial charge in [-0.15, -0.1) is 0 Å². The second-order valence-electron chi connectivity index (χ2n) is 10.4. The molecule has 0 saturated carbocycles. The Morgan fingerprint density at radius 2 is 1.51 bits per heavy atom. The van der Waals surface area contributed by atoms with E-state index in [0.717, 1.165) is 12.1 Å². The Labute approximate surface area is 245 Å². The molecular weight excluding hydrogens is 576 g/mol. The van der Waals surface area contributed by atoms with Crippen molar-refractivity contribution in [3.63, 3.8) is 0 Å². The van der Waals surface area contributed by atoms with Crippen LogP contribution in [0.5, 0.6) is 28.7 Å². The normalized spacial score (nSPS) is 32.7. The second-order valence-corrected chi connectivity index (χ2v) is 10.4. The SMILES string of the molecule is COc1ccc(CCC(=O)c2c(O)cc(O[C@H]3O[C@@H](CO)[C@H](O)[C@@H](O)[C@@H]3O[C@@H]3O[C@H](C)[C@@H](O)[C@H](O)[C@@H]3O)cc2O)cc1O. The Morgan fingerprint density at radius 3 is 2.12 bits per heavy atom. The van der Waals surface area contributed by atoms with Crippen molar-refractivity contribution in [2.45, 2.75) is 81.2 Å². The predicted molar refractivity (Wildman–Crippen MR) is 143 cm³/mol. The van der Waals surface area contributed by atoms with E-state index in [1.54, 1.807) is 6.07 Å². The number of hydrogen-bond acceptors (Lipinski definition) is 15. The molecule has 238 valence electrons. The maximum atomic E-state index is 12.9. The van der Waals surface area contributed by atoms with Gasteiger partial charge in [-0.05, 0) is 31.0 Å². The quantitative estimate of drug-likeness (QED) is 0.141. The zero-order valence-electron chi connectivity index (χ0n) is 23.3. The molecule has 2 aromatic rings. The van der Waals surface area contributed by atoms with Crippen molar-refractivity contribution in [3.8, 4) is 28.7 Å². The van der Waals surface area contributed by atoms with Crippen molar-refractivity contribution < 1.29 is 74.4 Å². The van der Waals surface area contributed by atoms with Crippen LogP contribution < -0.4 is 9.47 Å². The molecule has 15 heteroatoms. The third-order valence-corrected chi connectivity index (χ3v) is 7.41. The molecule has 43 heavy (non-hydrogen) atoms. The van der Waals surface area contributed by atoms with Crippen LogP contribution in [0.15, 0.2) is 30.3 Å². The molecule has 2 heterocycles. The summed E-state index contributed by atoms with van der Waals surface area (Å²) < 4.78 is 27.2. The first kappa shape index (κ1) is 32.7. The number of aromatic hydroxyl groups is 3. The minimum absolute atomic E-state index is 0.110. The number of aliphatic hydroxyl groups excluding tert-OH is 6. The summed E-state index contributed by atoms with van der Waals surface area (Å²) in [7, 11) is 1.40. The van der Waals surface area contributed by atoms with Gasteiger partial charge in [-0.1, -0.05) is 6.07 Å². The number of phenolic OH excluding ortho intramolecular Hbond substituents is 3. The highest BCUT2D eigenvalue weighted by atomic mass is 16.8. The summed E-state index contributed by atoms with van der Waals surface area (Å²) in [5.41, 5.74) is 0.208. The molecule has 0 aromatic heterocycles. The fourth-order valence-electron chi connectivity index (χ4n) is 4.93. The van der Waals surface area contributed by atoms with Crippen LogP contribution >= 0.6 is 0 Å². The lowest BCUT2D eigenvalue weighted by atomic mass is 9.97. The zero-order valence-corrected chi connectivity index (χ0v) is 23.3. The van der Waals surface area contributed by atoms with Gasteiger partial charge >= 0.3 is 0 Å². The van der Waals surface area contributed by atoms with E-state index in [-0.39, 0.29) is 30.1 Å². The monoisotopic (exact) mass is 612 g/mol. The highest BCUT2D eigenvalue weighted by molar-refractivity contribution is 6.01. The summed E-state index contributed by atoms with van der Waals surface area (Å²) in [5.74, 6) is -2.04. The highest BCUT2D eigenvalue weighted by Gasteiger charge is 2.51. The number of aryl methyl sites for hydroxylation is 1. The first-order chi connectivity index (χ1) is 20.4. The number of methoxy groups -OCH3 is 1. The number of carbonyl (C=O) groups excluding carboxylic acids is 1. The first-order valence-corrected chi connectivity index (χ1v) is 13.5. The fourth-order valence-corrected chi connectivity index (χ4v) is 4.93. The van der Waals surface area contributed by atoms with Crippen LogP contribution in [-0.2, 0) is 20.6 Å². The van der Waals surface area contributed by atoms with Gasteiger partial charge in [0.05, 0.1) is 19.8 Å². The molecule has 0 aliphatic carbocycles. The number of hydrogen-bond donors (Lipinski definition) is 9. The second kappa shape index (κ2) is 13.6. The van der Waals surface area contributed by atoms with Gasteiger partial charge in [-0.2, -0.15) is 0 Å². The highest BCUT2D eigenvalue weighted by Crippen LogP contribution is 2.37. The molecule has 2 aliphatic heterocycles. The van der Waals surface area contributed by atoms with Crippen molar-refractivity contribution >= 4 is 5.78 Å². The minimum atomic E-state index is -1.79. The number of benzene rings is 2. The van der Waals surface area contributed by atoms with Crippen LogP contribution in [0.1, 0.15) is 29.3 Å². The molecule has 0 spiro atoms. The molecule has 2 aromatic carbocycles. The van der Waals surface area contributed by atoms with Crippen LogP contribution in [0.25, 0.3) is 0 Å². The average Bonchev–Trinajstić information content (AvgIpc) is 2.96. The number of phenols is 3. The number of ketones is 1. The van der Waals surface area contributed by atoms with Crippen molar-refractivity contribution in [2.24, 2.45) is 0 Å². The molecule has 0 bridgehead atoms. The van der Waals surface area contributed by atoms with E-state index in [4.69, 9.17) is 23.7 Å². The third kappa shape index (κ3) is 6.95. The molecule has 2 saturated heterocycles. The molecule has 0 unspecified atom stereocenters. The van der Waals surface area contributed by atoms with Gasteiger partial charge in [0, 0.05) is 18.6 Å². The number of carbonyl (C=O) groups is 1. The maximum Gasteiger partial charge on any atom is 0.229 e. The summed E-state index contributed by atoms with van der Waals surface area (Å²) in [4.78, 5) is 12.9. The Morgan fingerprint density at radius 1 is 0.837 bits per heavy atom. The Kier molecular flexibility index (Phi) is 10.3. The zero-order chi connectivity index (χ0) is 31.6. The number of rotatable bonds is 10. The fraction of sp³-hybridized carbons (Fsp3) is 0.536. The molecule has 0 radical (unpaired) electrons. The van der Waals surface area contributed by atoms with E-state index >= 15 is 0 Å². The molecule has 4 rings (SSSR count). The Bertz CT molecular complexity index is 1250. The summed E-state index contributed by atoms with van der Waals surface area (Å²) in [6.07, 6.45) is -15.5. The Hall–Kier alpha value is -3.25. The summed E-state index contributed by atoms with van der Waals surface area (Å²) >= 11 is 0. The lowest BCUT2D eigenvalue weighted by molar-refractivity contribution is -0.354. The summed E-state index contributed by atoms with van der Waals surface area (Å²) in [6, 6.07) is 6.59. The van der Waals surface area contributed by atoms with Gasteiger partial charge in [0.1, 0.15) is 59.4 Å². The standard InChI is InChI=1S/C28H36O15/c1-11-21(34)23(36)25(38)27(40-11)43-26-24(37)22(35)19(10-29)42-28(26)41-13-8-16(32)20(17(33)9-13)14(30)5-3-12-4-6-18(39-2)15(31)7-12/h4,6-9,11,19,21-29,31-38H,3,5,10H2,1-2H3/t11-,19+,21-,22+,23+,24-,25+,26+,27+,28+/m1/s1. The molecule has 0 amide bonds. The predicted octanol–water partition coefficient (Wildman–Crippen LogP) is -1.34. The van der Waals surface area contributed by atoms with Gasteiger partial charge in [-0.3, -0.25) is 4.79 Å². The topological polar surface area (TPSA) is 245 Å². The van der Waals surface area contributed by atoms with E-state index in [9.17, 15) is 50.8 Å². The van der Waals surface area contributed by atoms with Crippen LogP contribution in [-0.4, -0.2) is 127 Å². The lowest BCUT2D eigenvalue weighted by Crippen LogP contribution is -2.64. The lowest BCUT2D eigenvalue weighted by Gasteiger charge is -2.45. The van der Waals surface area contributed by atoms with E-state index in [2.05, 4.69) is 0 Å². The molecule has 10 atom stereocenters. The van der Waals surface area contributed by atoms with Crippen LogP contribution in [0.3, 0.4) is 0 Å². The smallest absolute Gasteiger partial charge is 0.229 e. The molecule has 15 nitrogen and oxygen atoms in total. The molecule has 2 fully saturated rings. The molecular formula is C28H36O15. The Balaban J connectivity index is 1.51. The summed E-state index contributed by atoms with van der Waals surface area (Å²) in [6.45, 7) is 0.662. The van der Waals surface area contributed by atoms with Crippen molar-refractivity contribution in [3.05, 3.63) is 41.5 Å². The first-order valence-electron chi connectivity index (χ1n) is 13.5. The minimum Gasteiger partial charge on any atom is -0.507 e. The van der Waals surface area contributed by atoms with Crippen molar-refractivity contribution in [1.82, 2.24) is 0 Å².